The Morgan fingerprint density at radius 3 is 2.76 bits per heavy atom. The molecular formula is C14H21ClFN. The maximum Gasteiger partial charge on any atom is 0.126 e. The first-order valence-corrected chi connectivity index (χ1v) is 6.69. The molecule has 0 fully saturated rings. The zero-order chi connectivity index (χ0) is 12.7. The van der Waals surface area contributed by atoms with Gasteiger partial charge in [0.25, 0.3) is 0 Å². The zero-order valence-electron chi connectivity index (χ0n) is 10.6. The third-order valence-corrected chi connectivity index (χ3v) is 3.19. The van der Waals surface area contributed by atoms with Gasteiger partial charge in [0.15, 0.2) is 0 Å². The minimum Gasteiger partial charge on any atom is -0.316 e. The maximum absolute atomic E-state index is 13.6. The van der Waals surface area contributed by atoms with Crippen molar-refractivity contribution in [2.24, 2.45) is 5.92 Å². The Bertz CT molecular complexity index is 341. The minimum absolute atomic E-state index is 0.150. The fraction of sp³-hybridized carbons (Fsp3) is 0.571. The van der Waals surface area contributed by atoms with Gasteiger partial charge in [0.2, 0.25) is 0 Å². The molecule has 17 heavy (non-hydrogen) atoms. The second-order valence-electron chi connectivity index (χ2n) is 4.42. The van der Waals surface area contributed by atoms with E-state index in [1.807, 2.05) is 0 Å². The van der Waals surface area contributed by atoms with Gasteiger partial charge in [0, 0.05) is 5.02 Å². The molecule has 0 amide bonds. The number of benzene rings is 1. The molecule has 1 aromatic carbocycles. The van der Waals surface area contributed by atoms with Crippen LogP contribution < -0.4 is 5.32 Å². The molecule has 1 nitrogen and oxygen atoms in total. The molecule has 0 bridgehead atoms. The molecule has 1 N–H and O–H groups in total. The van der Waals surface area contributed by atoms with E-state index in [0.717, 1.165) is 37.9 Å². The first-order chi connectivity index (χ1) is 8.17. The van der Waals surface area contributed by atoms with Crippen LogP contribution in [-0.4, -0.2) is 13.1 Å². The minimum atomic E-state index is -0.150. The number of hydrogen-bond acceptors (Lipinski definition) is 1. The average Bonchev–Trinajstić information content (AvgIpc) is 2.32. The maximum atomic E-state index is 13.6. The third-order valence-electron chi connectivity index (χ3n) is 2.95. The molecule has 3 heteroatoms. The Hall–Kier alpha value is -0.600. The Balaban J connectivity index is 2.57. The molecule has 1 atom stereocenters. The number of halogens is 2. The summed E-state index contributed by atoms with van der Waals surface area (Å²) in [7, 11) is 0. The van der Waals surface area contributed by atoms with Crippen LogP contribution in [0, 0.1) is 11.7 Å². The van der Waals surface area contributed by atoms with Crippen molar-refractivity contribution in [3.63, 3.8) is 0 Å². The SMILES string of the molecule is CCCNCC(CC)Cc1cc(Cl)ccc1F. The highest BCUT2D eigenvalue weighted by Crippen LogP contribution is 2.19. The number of rotatable bonds is 7. The topological polar surface area (TPSA) is 12.0 Å². The summed E-state index contributed by atoms with van der Waals surface area (Å²) in [5.74, 6) is 0.317. The van der Waals surface area contributed by atoms with Crippen molar-refractivity contribution in [1.29, 1.82) is 0 Å². The van der Waals surface area contributed by atoms with Crippen molar-refractivity contribution in [3.8, 4) is 0 Å². The van der Waals surface area contributed by atoms with E-state index in [2.05, 4.69) is 19.2 Å². The zero-order valence-corrected chi connectivity index (χ0v) is 11.4. The van der Waals surface area contributed by atoms with Crippen molar-refractivity contribution in [2.45, 2.75) is 33.1 Å². The predicted octanol–water partition coefficient (Wildman–Crippen LogP) is 4.05. The summed E-state index contributed by atoms with van der Waals surface area (Å²) in [5.41, 5.74) is 0.725. The van der Waals surface area contributed by atoms with Crippen LogP contribution in [0.1, 0.15) is 32.3 Å². The Labute approximate surface area is 108 Å². The summed E-state index contributed by atoms with van der Waals surface area (Å²) in [4.78, 5) is 0. The lowest BCUT2D eigenvalue weighted by atomic mass is 9.96. The molecule has 0 saturated heterocycles. The standard InChI is InChI=1S/C14H21ClFN/c1-3-7-17-10-11(4-2)8-12-9-13(15)5-6-14(12)16/h5-6,9,11,17H,3-4,7-8,10H2,1-2H3. The summed E-state index contributed by atoms with van der Waals surface area (Å²) >= 11 is 5.89. The van der Waals surface area contributed by atoms with Gasteiger partial charge in [-0.25, -0.2) is 4.39 Å². The Morgan fingerprint density at radius 2 is 2.12 bits per heavy atom. The van der Waals surface area contributed by atoms with E-state index in [-0.39, 0.29) is 5.82 Å². The van der Waals surface area contributed by atoms with Gasteiger partial charge in [-0.15, -0.1) is 0 Å². The van der Waals surface area contributed by atoms with Crippen LogP contribution >= 0.6 is 11.6 Å². The number of nitrogens with one attached hydrogen (secondary N) is 1. The molecule has 0 radical (unpaired) electrons. The van der Waals surface area contributed by atoms with Crippen molar-refractivity contribution in [2.75, 3.05) is 13.1 Å². The summed E-state index contributed by atoms with van der Waals surface area (Å²) in [6.45, 7) is 6.25. The van der Waals surface area contributed by atoms with Crippen LogP contribution in [0.15, 0.2) is 18.2 Å². The largest absolute Gasteiger partial charge is 0.316 e. The van der Waals surface area contributed by atoms with Crippen molar-refractivity contribution >= 4 is 11.6 Å². The first-order valence-electron chi connectivity index (χ1n) is 6.32. The van der Waals surface area contributed by atoms with E-state index >= 15 is 0 Å². The van der Waals surface area contributed by atoms with Gasteiger partial charge in [0.05, 0.1) is 0 Å². The lowest BCUT2D eigenvalue weighted by molar-refractivity contribution is 0.451. The molecule has 0 aliphatic heterocycles. The molecule has 1 aromatic rings. The van der Waals surface area contributed by atoms with Gasteiger partial charge >= 0.3 is 0 Å². The van der Waals surface area contributed by atoms with E-state index in [9.17, 15) is 4.39 Å². The first kappa shape index (κ1) is 14.5. The van der Waals surface area contributed by atoms with E-state index in [1.165, 1.54) is 6.07 Å². The highest BCUT2D eigenvalue weighted by molar-refractivity contribution is 6.30. The second-order valence-corrected chi connectivity index (χ2v) is 4.85. The molecule has 0 aliphatic rings. The van der Waals surface area contributed by atoms with E-state index in [1.54, 1.807) is 12.1 Å². The van der Waals surface area contributed by atoms with Crippen LogP contribution in [0.25, 0.3) is 0 Å². The summed E-state index contributed by atoms with van der Waals surface area (Å²) in [6.07, 6.45) is 2.92. The van der Waals surface area contributed by atoms with E-state index in [4.69, 9.17) is 11.6 Å². The van der Waals surface area contributed by atoms with Gasteiger partial charge < -0.3 is 5.32 Å². The normalized spacial score (nSPS) is 12.7. The smallest absolute Gasteiger partial charge is 0.126 e. The van der Waals surface area contributed by atoms with Crippen LogP contribution in [0.2, 0.25) is 5.02 Å². The summed E-state index contributed by atoms with van der Waals surface area (Å²) in [6, 6.07) is 4.78. The van der Waals surface area contributed by atoms with Crippen molar-refractivity contribution < 1.29 is 4.39 Å². The van der Waals surface area contributed by atoms with Gasteiger partial charge in [-0.3, -0.25) is 0 Å². The molecule has 1 unspecified atom stereocenters. The summed E-state index contributed by atoms with van der Waals surface area (Å²) in [5, 5.41) is 3.99. The van der Waals surface area contributed by atoms with Gasteiger partial charge in [-0.05, 0) is 55.6 Å². The highest BCUT2D eigenvalue weighted by atomic mass is 35.5. The van der Waals surface area contributed by atoms with Gasteiger partial charge in [-0.2, -0.15) is 0 Å². The fourth-order valence-electron chi connectivity index (χ4n) is 1.85. The van der Waals surface area contributed by atoms with E-state index < -0.39 is 0 Å². The second kappa shape index (κ2) is 7.67. The molecular weight excluding hydrogens is 237 g/mol. The van der Waals surface area contributed by atoms with Crippen LogP contribution in [-0.2, 0) is 6.42 Å². The van der Waals surface area contributed by atoms with Gasteiger partial charge in [-0.1, -0.05) is 31.9 Å². The molecule has 0 spiro atoms. The lowest BCUT2D eigenvalue weighted by Crippen LogP contribution is -2.24. The molecule has 0 aromatic heterocycles. The average molecular weight is 258 g/mol. The monoisotopic (exact) mass is 257 g/mol. The van der Waals surface area contributed by atoms with Gasteiger partial charge in [0.1, 0.15) is 5.82 Å². The summed E-state index contributed by atoms with van der Waals surface area (Å²) < 4.78 is 13.6. The highest BCUT2D eigenvalue weighted by Gasteiger charge is 2.10. The van der Waals surface area contributed by atoms with Crippen LogP contribution in [0.4, 0.5) is 4.39 Å². The lowest BCUT2D eigenvalue weighted by Gasteiger charge is -2.16. The molecule has 96 valence electrons. The molecule has 0 saturated carbocycles. The van der Waals surface area contributed by atoms with E-state index in [0.29, 0.717) is 10.9 Å². The van der Waals surface area contributed by atoms with Crippen molar-refractivity contribution in [1.82, 2.24) is 5.32 Å². The Kier molecular flexibility index (Phi) is 6.53. The van der Waals surface area contributed by atoms with Crippen LogP contribution in [0.5, 0.6) is 0 Å². The fourth-order valence-corrected chi connectivity index (χ4v) is 2.05. The predicted molar refractivity (Wildman–Crippen MR) is 72.1 cm³/mol. The molecule has 0 heterocycles. The van der Waals surface area contributed by atoms with Crippen LogP contribution in [0.3, 0.4) is 0 Å². The Morgan fingerprint density at radius 1 is 1.35 bits per heavy atom. The number of hydrogen-bond donors (Lipinski definition) is 1. The molecule has 0 aliphatic carbocycles. The third kappa shape index (κ3) is 5.05. The molecule has 1 rings (SSSR count). The quantitative estimate of drug-likeness (QED) is 0.727. The van der Waals surface area contributed by atoms with Crippen molar-refractivity contribution in [3.05, 3.63) is 34.6 Å².